The van der Waals surface area contributed by atoms with Gasteiger partial charge >= 0.3 is 5.97 Å². The van der Waals surface area contributed by atoms with Crippen LogP contribution < -0.4 is 11.5 Å². The molecule has 0 aliphatic heterocycles. The van der Waals surface area contributed by atoms with Gasteiger partial charge in [0.1, 0.15) is 0 Å². The Balaban J connectivity index is 3.98. The summed E-state index contributed by atoms with van der Waals surface area (Å²) in [7, 11) is 0. The summed E-state index contributed by atoms with van der Waals surface area (Å²) in [5, 5.41) is 9.00. The Morgan fingerprint density at radius 1 is 1.47 bits per heavy atom. The van der Waals surface area contributed by atoms with Gasteiger partial charge in [-0.05, 0) is 18.8 Å². The van der Waals surface area contributed by atoms with Crippen LogP contribution in [0.1, 0.15) is 33.1 Å². The number of carbonyl (C=O) groups is 1. The number of nitrogens with two attached hydrogens (primary N) is 2. The average molecular weight is 215 g/mol. The molecule has 0 rings (SSSR count). The van der Waals surface area contributed by atoms with E-state index in [0.717, 1.165) is 6.42 Å². The minimum atomic E-state index is -0.728. The molecule has 0 radical (unpaired) electrons. The Kier molecular flexibility index (Phi) is 6.49. The van der Waals surface area contributed by atoms with Gasteiger partial charge in [0.05, 0.1) is 5.92 Å². The number of aliphatic imine (C=N–C) groups is 1. The average Bonchev–Trinajstić information content (AvgIpc) is 2.15. The summed E-state index contributed by atoms with van der Waals surface area (Å²) in [5.41, 5.74) is 10.3. The summed E-state index contributed by atoms with van der Waals surface area (Å²) in [4.78, 5) is 14.8. The van der Waals surface area contributed by atoms with Gasteiger partial charge in [-0.25, -0.2) is 0 Å². The molecule has 5 N–H and O–H groups in total. The number of carboxylic acids is 1. The summed E-state index contributed by atoms with van der Waals surface area (Å²) < 4.78 is 0. The van der Waals surface area contributed by atoms with E-state index in [1.165, 1.54) is 0 Å². The Morgan fingerprint density at radius 3 is 2.47 bits per heavy atom. The van der Waals surface area contributed by atoms with Crippen molar-refractivity contribution in [3.8, 4) is 0 Å². The quantitative estimate of drug-likeness (QED) is 0.332. The SMILES string of the molecule is CCC(C)[C@@H](CCCN=C(N)N)C(=O)O. The molecule has 0 bridgehead atoms. The molecule has 0 saturated carbocycles. The number of nitrogens with zero attached hydrogens (tertiary/aromatic N) is 1. The van der Waals surface area contributed by atoms with Gasteiger partial charge < -0.3 is 16.6 Å². The molecule has 5 heteroatoms. The maximum absolute atomic E-state index is 10.9. The Morgan fingerprint density at radius 2 is 2.07 bits per heavy atom. The molecule has 0 spiro atoms. The monoisotopic (exact) mass is 215 g/mol. The van der Waals surface area contributed by atoms with Crippen LogP contribution in [0, 0.1) is 11.8 Å². The first-order valence-corrected chi connectivity index (χ1v) is 5.27. The molecule has 2 atom stereocenters. The largest absolute Gasteiger partial charge is 0.481 e. The van der Waals surface area contributed by atoms with E-state index < -0.39 is 5.97 Å². The molecule has 0 saturated heterocycles. The van der Waals surface area contributed by atoms with Gasteiger partial charge in [0.25, 0.3) is 0 Å². The highest BCUT2D eigenvalue weighted by molar-refractivity contribution is 5.75. The van der Waals surface area contributed by atoms with Crippen molar-refractivity contribution in [2.24, 2.45) is 28.3 Å². The first-order valence-electron chi connectivity index (χ1n) is 5.27. The van der Waals surface area contributed by atoms with Gasteiger partial charge in [-0.3, -0.25) is 9.79 Å². The zero-order valence-electron chi connectivity index (χ0n) is 9.44. The molecule has 0 aromatic rings. The number of hydrogen-bond donors (Lipinski definition) is 3. The van der Waals surface area contributed by atoms with Crippen LogP contribution >= 0.6 is 0 Å². The summed E-state index contributed by atoms with van der Waals surface area (Å²) in [6.45, 7) is 4.46. The minimum Gasteiger partial charge on any atom is -0.481 e. The van der Waals surface area contributed by atoms with E-state index in [1.54, 1.807) is 0 Å². The first-order chi connectivity index (χ1) is 6.99. The van der Waals surface area contributed by atoms with Crippen molar-refractivity contribution in [1.82, 2.24) is 0 Å². The van der Waals surface area contributed by atoms with Crippen molar-refractivity contribution in [2.45, 2.75) is 33.1 Å². The summed E-state index contributed by atoms with van der Waals surface area (Å²) >= 11 is 0. The van der Waals surface area contributed by atoms with Crippen molar-refractivity contribution >= 4 is 11.9 Å². The predicted molar refractivity (Wildman–Crippen MR) is 60.5 cm³/mol. The van der Waals surface area contributed by atoms with Crippen LogP contribution in [-0.4, -0.2) is 23.6 Å². The second kappa shape index (κ2) is 7.09. The molecule has 0 aromatic carbocycles. The Labute approximate surface area is 90.6 Å². The summed E-state index contributed by atoms with van der Waals surface area (Å²) in [5.74, 6) is -0.759. The van der Waals surface area contributed by atoms with Gasteiger partial charge in [-0.2, -0.15) is 0 Å². The molecule has 1 unspecified atom stereocenters. The highest BCUT2D eigenvalue weighted by Crippen LogP contribution is 2.20. The fraction of sp³-hybridized carbons (Fsp3) is 0.800. The molecule has 0 amide bonds. The van der Waals surface area contributed by atoms with Crippen LogP contribution in [0.5, 0.6) is 0 Å². The molecule has 0 aliphatic carbocycles. The molecular weight excluding hydrogens is 194 g/mol. The maximum Gasteiger partial charge on any atom is 0.306 e. The van der Waals surface area contributed by atoms with Crippen LogP contribution in [0.15, 0.2) is 4.99 Å². The minimum absolute atomic E-state index is 0.0606. The van der Waals surface area contributed by atoms with Crippen LogP contribution in [0.3, 0.4) is 0 Å². The van der Waals surface area contributed by atoms with Crippen molar-refractivity contribution in [3.63, 3.8) is 0 Å². The van der Waals surface area contributed by atoms with E-state index in [4.69, 9.17) is 16.6 Å². The van der Waals surface area contributed by atoms with Crippen molar-refractivity contribution < 1.29 is 9.90 Å². The van der Waals surface area contributed by atoms with Gasteiger partial charge in [0.15, 0.2) is 5.96 Å². The van der Waals surface area contributed by atoms with Crippen LogP contribution in [0.4, 0.5) is 0 Å². The number of guanidine groups is 1. The molecule has 0 heterocycles. The lowest BCUT2D eigenvalue weighted by atomic mass is 9.88. The molecule has 0 fully saturated rings. The topological polar surface area (TPSA) is 102 Å². The lowest BCUT2D eigenvalue weighted by Gasteiger charge is -2.17. The fourth-order valence-corrected chi connectivity index (χ4v) is 1.46. The predicted octanol–water partition coefficient (Wildman–Crippen LogP) is 0.787. The van der Waals surface area contributed by atoms with Crippen LogP contribution in [-0.2, 0) is 4.79 Å². The van der Waals surface area contributed by atoms with Gasteiger partial charge in [0.2, 0.25) is 0 Å². The van der Waals surface area contributed by atoms with Crippen LogP contribution in [0.25, 0.3) is 0 Å². The van der Waals surface area contributed by atoms with Crippen molar-refractivity contribution in [3.05, 3.63) is 0 Å². The Bertz CT molecular complexity index is 225. The third-order valence-corrected chi connectivity index (χ3v) is 2.62. The lowest BCUT2D eigenvalue weighted by molar-refractivity contribution is -0.143. The zero-order chi connectivity index (χ0) is 11.8. The first kappa shape index (κ1) is 13.7. The number of hydrogen-bond acceptors (Lipinski definition) is 2. The van der Waals surface area contributed by atoms with E-state index in [9.17, 15) is 4.79 Å². The number of carboxylic acid groups (broad SMARTS) is 1. The number of aliphatic carboxylic acids is 1. The lowest BCUT2D eigenvalue weighted by Crippen LogP contribution is -2.24. The van der Waals surface area contributed by atoms with E-state index in [-0.39, 0.29) is 17.8 Å². The van der Waals surface area contributed by atoms with Gasteiger partial charge in [-0.1, -0.05) is 20.3 Å². The fourth-order valence-electron chi connectivity index (χ4n) is 1.46. The van der Waals surface area contributed by atoms with E-state index in [0.29, 0.717) is 19.4 Å². The van der Waals surface area contributed by atoms with E-state index >= 15 is 0 Å². The molecular formula is C10H21N3O2. The molecule has 88 valence electrons. The molecule has 0 aromatic heterocycles. The Hall–Kier alpha value is -1.26. The molecule has 5 nitrogen and oxygen atoms in total. The van der Waals surface area contributed by atoms with Gasteiger partial charge in [0, 0.05) is 6.54 Å². The highest BCUT2D eigenvalue weighted by atomic mass is 16.4. The normalized spacial score (nSPS) is 14.3. The van der Waals surface area contributed by atoms with Crippen molar-refractivity contribution in [1.29, 1.82) is 0 Å². The van der Waals surface area contributed by atoms with Crippen molar-refractivity contribution in [2.75, 3.05) is 6.54 Å². The maximum atomic E-state index is 10.9. The summed E-state index contributed by atoms with van der Waals surface area (Å²) in [6.07, 6.45) is 2.21. The second-order valence-corrected chi connectivity index (χ2v) is 3.78. The van der Waals surface area contributed by atoms with Crippen LogP contribution in [0.2, 0.25) is 0 Å². The highest BCUT2D eigenvalue weighted by Gasteiger charge is 2.22. The molecule has 15 heavy (non-hydrogen) atoms. The van der Waals surface area contributed by atoms with E-state index in [2.05, 4.69) is 4.99 Å². The van der Waals surface area contributed by atoms with E-state index in [1.807, 2.05) is 13.8 Å². The summed E-state index contributed by atoms with van der Waals surface area (Å²) in [6, 6.07) is 0. The zero-order valence-corrected chi connectivity index (χ0v) is 9.44. The third-order valence-electron chi connectivity index (χ3n) is 2.62. The number of rotatable bonds is 7. The second-order valence-electron chi connectivity index (χ2n) is 3.78. The third kappa shape index (κ3) is 5.93. The standard InChI is InChI=1S/C10H21N3O2/c1-3-7(2)8(9(14)15)5-4-6-13-10(11)12/h7-8H,3-6H2,1-2H3,(H,14,15)(H4,11,12,13)/t7?,8-/m1/s1. The smallest absolute Gasteiger partial charge is 0.306 e. The van der Waals surface area contributed by atoms with Gasteiger partial charge in [-0.15, -0.1) is 0 Å². The molecule has 0 aliphatic rings.